The van der Waals surface area contributed by atoms with Crippen LogP contribution >= 0.6 is 0 Å². The Balaban J connectivity index is 2.62. The Morgan fingerprint density at radius 3 is 2.94 bits per heavy atom. The molecule has 0 unspecified atom stereocenters. The van der Waals surface area contributed by atoms with Gasteiger partial charge in [0.15, 0.2) is 0 Å². The molecule has 0 aromatic carbocycles. The standard InChI is InChI=1S/C12H17N3O2/c1-9-6-10(4-5-13-9)11(17)15-14-7-12(2,3)8-16/h4-7,16H,8H2,1-3H3,(H,15,17)/b14-7-. The number of amides is 1. The molecule has 17 heavy (non-hydrogen) atoms. The highest BCUT2D eigenvalue weighted by Crippen LogP contribution is 2.08. The predicted octanol–water partition coefficient (Wildman–Crippen LogP) is 1.12. The minimum absolute atomic E-state index is 0.0270. The first-order valence-corrected chi connectivity index (χ1v) is 5.33. The van der Waals surface area contributed by atoms with Gasteiger partial charge in [0.2, 0.25) is 0 Å². The SMILES string of the molecule is Cc1cc(C(=O)N/N=C\C(C)(C)CO)ccn1. The molecule has 0 aliphatic rings. The first-order valence-electron chi connectivity index (χ1n) is 5.33. The molecule has 92 valence electrons. The first kappa shape index (κ1) is 13.3. The first-order chi connectivity index (χ1) is 7.94. The number of nitrogens with zero attached hydrogens (tertiary/aromatic N) is 2. The minimum atomic E-state index is -0.443. The number of carbonyl (C=O) groups is 1. The molecule has 1 aromatic rings. The lowest BCUT2D eigenvalue weighted by molar-refractivity contribution is 0.0954. The van der Waals surface area contributed by atoms with Crippen LogP contribution in [0.3, 0.4) is 0 Å². The molecular formula is C12H17N3O2. The van der Waals surface area contributed by atoms with Crippen molar-refractivity contribution in [1.29, 1.82) is 0 Å². The molecule has 0 saturated heterocycles. The van der Waals surface area contributed by atoms with Crippen LogP contribution in [0.25, 0.3) is 0 Å². The summed E-state index contributed by atoms with van der Waals surface area (Å²) in [5.41, 5.74) is 3.25. The van der Waals surface area contributed by atoms with Crippen molar-refractivity contribution in [2.24, 2.45) is 10.5 Å². The number of aliphatic hydroxyl groups is 1. The maximum atomic E-state index is 11.7. The molecule has 0 spiro atoms. The molecule has 0 aliphatic carbocycles. The van der Waals surface area contributed by atoms with E-state index in [4.69, 9.17) is 5.11 Å². The van der Waals surface area contributed by atoms with Crippen molar-refractivity contribution < 1.29 is 9.90 Å². The Kier molecular flexibility index (Phi) is 4.34. The quantitative estimate of drug-likeness (QED) is 0.606. The van der Waals surface area contributed by atoms with E-state index in [1.54, 1.807) is 18.3 Å². The van der Waals surface area contributed by atoms with Gasteiger partial charge in [0.25, 0.3) is 5.91 Å². The third kappa shape index (κ3) is 4.32. The molecular weight excluding hydrogens is 218 g/mol. The van der Waals surface area contributed by atoms with Crippen LogP contribution < -0.4 is 5.43 Å². The van der Waals surface area contributed by atoms with Crippen molar-refractivity contribution in [3.63, 3.8) is 0 Å². The largest absolute Gasteiger partial charge is 0.395 e. The van der Waals surface area contributed by atoms with Gasteiger partial charge >= 0.3 is 0 Å². The van der Waals surface area contributed by atoms with Crippen LogP contribution in [0, 0.1) is 12.3 Å². The van der Waals surface area contributed by atoms with Crippen molar-refractivity contribution >= 4 is 12.1 Å². The van der Waals surface area contributed by atoms with E-state index >= 15 is 0 Å². The fourth-order valence-electron chi connectivity index (χ4n) is 1.06. The number of carbonyl (C=O) groups excluding carboxylic acids is 1. The van der Waals surface area contributed by atoms with Gasteiger partial charge in [0.1, 0.15) is 0 Å². The molecule has 5 nitrogen and oxygen atoms in total. The average molecular weight is 235 g/mol. The van der Waals surface area contributed by atoms with E-state index in [0.717, 1.165) is 5.69 Å². The number of aryl methyl sites for hydroxylation is 1. The zero-order chi connectivity index (χ0) is 12.9. The Labute approximate surface area is 101 Å². The summed E-state index contributed by atoms with van der Waals surface area (Å²) in [6.45, 7) is 5.42. The summed E-state index contributed by atoms with van der Waals surface area (Å²) >= 11 is 0. The lowest BCUT2D eigenvalue weighted by atomic mass is 9.97. The zero-order valence-corrected chi connectivity index (χ0v) is 10.3. The van der Waals surface area contributed by atoms with Gasteiger partial charge in [-0.3, -0.25) is 9.78 Å². The Hall–Kier alpha value is -1.75. The van der Waals surface area contributed by atoms with E-state index in [-0.39, 0.29) is 12.5 Å². The van der Waals surface area contributed by atoms with Gasteiger partial charge in [-0.1, -0.05) is 13.8 Å². The van der Waals surface area contributed by atoms with Crippen molar-refractivity contribution in [3.8, 4) is 0 Å². The lowest BCUT2D eigenvalue weighted by Crippen LogP contribution is -2.23. The monoisotopic (exact) mass is 235 g/mol. The summed E-state index contributed by atoms with van der Waals surface area (Å²) < 4.78 is 0. The third-order valence-electron chi connectivity index (χ3n) is 2.15. The molecule has 1 aromatic heterocycles. The number of nitrogens with one attached hydrogen (secondary N) is 1. The van der Waals surface area contributed by atoms with Gasteiger partial charge in [0, 0.05) is 29.1 Å². The number of aliphatic hydroxyl groups excluding tert-OH is 1. The summed E-state index contributed by atoms with van der Waals surface area (Å²) in [7, 11) is 0. The normalized spacial score (nSPS) is 11.8. The lowest BCUT2D eigenvalue weighted by Gasteiger charge is -2.14. The number of hydrazone groups is 1. The highest BCUT2D eigenvalue weighted by atomic mass is 16.3. The van der Waals surface area contributed by atoms with E-state index in [1.165, 1.54) is 6.21 Å². The minimum Gasteiger partial charge on any atom is -0.395 e. The van der Waals surface area contributed by atoms with Crippen LogP contribution in [-0.4, -0.2) is 28.8 Å². The van der Waals surface area contributed by atoms with Crippen molar-refractivity contribution in [1.82, 2.24) is 10.4 Å². The highest BCUT2D eigenvalue weighted by molar-refractivity contribution is 5.94. The van der Waals surface area contributed by atoms with E-state index in [9.17, 15) is 4.79 Å². The summed E-state index contributed by atoms with van der Waals surface area (Å²) in [4.78, 5) is 15.7. The van der Waals surface area contributed by atoms with Crippen molar-refractivity contribution in [2.75, 3.05) is 6.61 Å². The predicted molar refractivity (Wildman–Crippen MR) is 65.8 cm³/mol. The molecule has 0 saturated carbocycles. The fraction of sp³-hybridized carbons (Fsp3) is 0.417. The molecule has 0 bridgehead atoms. The second kappa shape index (κ2) is 5.54. The van der Waals surface area contributed by atoms with E-state index in [0.29, 0.717) is 5.56 Å². The Bertz CT molecular complexity index is 428. The molecule has 0 aliphatic heterocycles. The van der Waals surface area contributed by atoms with Crippen LogP contribution in [0.5, 0.6) is 0 Å². The second-order valence-corrected chi connectivity index (χ2v) is 4.53. The van der Waals surface area contributed by atoms with Crippen LogP contribution in [0.1, 0.15) is 29.9 Å². The average Bonchev–Trinajstić information content (AvgIpc) is 2.28. The number of aromatic nitrogens is 1. The molecule has 0 fully saturated rings. The fourth-order valence-corrected chi connectivity index (χ4v) is 1.06. The molecule has 0 atom stereocenters. The van der Waals surface area contributed by atoms with E-state index < -0.39 is 5.41 Å². The number of rotatable bonds is 4. The van der Waals surface area contributed by atoms with Crippen LogP contribution in [0.2, 0.25) is 0 Å². The third-order valence-corrected chi connectivity index (χ3v) is 2.15. The molecule has 2 N–H and O–H groups in total. The molecule has 1 rings (SSSR count). The summed E-state index contributed by atoms with van der Waals surface area (Å²) in [6.07, 6.45) is 3.09. The second-order valence-electron chi connectivity index (χ2n) is 4.53. The van der Waals surface area contributed by atoms with Gasteiger partial charge < -0.3 is 5.11 Å². The van der Waals surface area contributed by atoms with Crippen LogP contribution in [0.15, 0.2) is 23.4 Å². The van der Waals surface area contributed by atoms with E-state index in [1.807, 2.05) is 20.8 Å². The van der Waals surface area contributed by atoms with Gasteiger partial charge in [-0.15, -0.1) is 0 Å². The molecule has 5 heteroatoms. The van der Waals surface area contributed by atoms with Gasteiger partial charge in [-0.2, -0.15) is 5.10 Å². The maximum Gasteiger partial charge on any atom is 0.271 e. The van der Waals surface area contributed by atoms with Gasteiger partial charge in [-0.25, -0.2) is 5.43 Å². The Morgan fingerprint density at radius 2 is 2.35 bits per heavy atom. The van der Waals surface area contributed by atoms with Crippen molar-refractivity contribution in [3.05, 3.63) is 29.6 Å². The number of hydrogen-bond acceptors (Lipinski definition) is 4. The Morgan fingerprint density at radius 1 is 1.65 bits per heavy atom. The van der Waals surface area contributed by atoms with Gasteiger partial charge in [0.05, 0.1) is 6.61 Å². The summed E-state index contributed by atoms with van der Waals surface area (Å²) in [5, 5.41) is 12.8. The summed E-state index contributed by atoms with van der Waals surface area (Å²) in [6, 6.07) is 3.30. The molecule has 1 heterocycles. The zero-order valence-electron chi connectivity index (χ0n) is 10.3. The van der Waals surface area contributed by atoms with Crippen LogP contribution in [-0.2, 0) is 0 Å². The molecule has 0 radical (unpaired) electrons. The summed E-state index contributed by atoms with van der Waals surface area (Å²) in [5.74, 6) is -0.291. The van der Waals surface area contributed by atoms with Crippen molar-refractivity contribution in [2.45, 2.75) is 20.8 Å². The maximum absolute atomic E-state index is 11.7. The topological polar surface area (TPSA) is 74.6 Å². The van der Waals surface area contributed by atoms with E-state index in [2.05, 4.69) is 15.5 Å². The number of hydrogen-bond donors (Lipinski definition) is 2. The smallest absolute Gasteiger partial charge is 0.271 e. The number of pyridine rings is 1. The molecule has 1 amide bonds. The van der Waals surface area contributed by atoms with Crippen LogP contribution in [0.4, 0.5) is 0 Å². The van der Waals surface area contributed by atoms with Gasteiger partial charge in [-0.05, 0) is 19.1 Å². The highest BCUT2D eigenvalue weighted by Gasteiger charge is 2.13.